The van der Waals surface area contributed by atoms with Crippen LogP contribution in [0, 0.1) is 11.8 Å². The molecule has 3 N–H and O–H groups in total. The second-order valence-corrected chi connectivity index (χ2v) is 6.48. The van der Waals surface area contributed by atoms with Crippen LogP contribution in [0.2, 0.25) is 0 Å². The highest BCUT2D eigenvalue weighted by Crippen LogP contribution is 2.40. The lowest BCUT2D eigenvalue weighted by atomic mass is 9.92. The van der Waals surface area contributed by atoms with E-state index in [-0.39, 0.29) is 11.9 Å². The molecule has 2 fully saturated rings. The Morgan fingerprint density at radius 3 is 2.50 bits per heavy atom. The van der Waals surface area contributed by atoms with Crippen LogP contribution in [-0.2, 0) is 14.3 Å². The Balaban J connectivity index is 1.88. The number of nitrogens with two attached hydrogens (primary N) is 1. The van der Waals surface area contributed by atoms with Gasteiger partial charge in [0, 0.05) is 25.9 Å². The number of carbonyl (C=O) groups is 1. The number of amides is 1. The summed E-state index contributed by atoms with van der Waals surface area (Å²) in [6, 6.07) is 0.217. The van der Waals surface area contributed by atoms with Gasteiger partial charge in [-0.15, -0.1) is 0 Å². The molecule has 0 spiro atoms. The molecule has 2 rings (SSSR count). The molecule has 116 valence electrons. The maximum Gasteiger partial charge on any atom is 0.240 e. The highest BCUT2D eigenvalue weighted by Gasteiger charge is 2.50. The van der Waals surface area contributed by atoms with Gasteiger partial charge in [0.05, 0.1) is 6.61 Å². The zero-order valence-corrected chi connectivity index (χ0v) is 12.7. The average Bonchev–Trinajstić information content (AvgIpc) is 3.22. The molecule has 5 nitrogen and oxygen atoms in total. The van der Waals surface area contributed by atoms with Gasteiger partial charge in [0.1, 0.15) is 5.54 Å². The minimum absolute atomic E-state index is 0.217. The van der Waals surface area contributed by atoms with Crippen molar-refractivity contribution in [1.82, 2.24) is 5.32 Å². The first-order chi connectivity index (χ1) is 9.54. The summed E-state index contributed by atoms with van der Waals surface area (Å²) in [6.45, 7) is 6.81. The monoisotopic (exact) mass is 284 g/mol. The molecule has 20 heavy (non-hydrogen) atoms. The fourth-order valence-corrected chi connectivity index (χ4v) is 3.01. The van der Waals surface area contributed by atoms with Crippen LogP contribution in [0.25, 0.3) is 0 Å². The number of ether oxygens (including phenoxy) is 2. The van der Waals surface area contributed by atoms with E-state index in [0.29, 0.717) is 25.0 Å². The van der Waals surface area contributed by atoms with E-state index in [9.17, 15) is 4.79 Å². The van der Waals surface area contributed by atoms with Crippen molar-refractivity contribution in [2.75, 3.05) is 26.4 Å². The predicted molar refractivity (Wildman–Crippen MR) is 77.3 cm³/mol. The number of nitrogens with one attached hydrogen (secondary N) is 1. The van der Waals surface area contributed by atoms with Crippen LogP contribution in [-0.4, -0.2) is 43.9 Å². The molecule has 1 atom stereocenters. The number of hydrogen-bond donors (Lipinski definition) is 2. The predicted octanol–water partition coefficient (Wildman–Crippen LogP) is 1.06. The molecule has 0 radical (unpaired) electrons. The van der Waals surface area contributed by atoms with E-state index in [0.717, 1.165) is 38.9 Å². The Bertz CT molecular complexity index is 325. The largest absolute Gasteiger partial charge is 0.381 e. The lowest BCUT2D eigenvalue weighted by Crippen LogP contribution is -2.62. The molecule has 1 unspecified atom stereocenters. The SMILES string of the molecule is CC(C)NC(COCC1CCOCC1)(C(N)=O)C1CC1. The third-order valence-corrected chi connectivity index (χ3v) is 4.28. The maximum atomic E-state index is 12.0. The smallest absolute Gasteiger partial charge is 0.240 e. The number of rotatable bonds is 8. The van der Waals surface area contributed by atoms with Crippen molar-refractivity contribution in [1.29, 1.82) is 0 Å². The van der Waals surface area contributed by atoms with E-state index >= 15 is 0 Å². The van der Waals surface area contributed by atoms with Crippen LogP contribution in [0.3, 0.4) is 0 Å². The zero-order chi connectivity index (χ0) is 14.6. The molecule has 0 aromatic heterocycles. The molecule has 1 aliphatic heterocycles. The van der Waals surface area contributed by atoms with Crippen LogP contribution in [0.4, 0.5) is 0 Å². The summed E-state index contributed by atoms with van der Waals surface area (Å²) < 4.78 is 11.2. The molecule has 1 aliphatic carbocycles. The normalized spacial score (nSPS) is 23.8. The molecular formula is C15H28N2O3. The Kier molecular flexibility index (Phi) is 5.41. The minimum atomic E-state index is -0.681. The van der Waals surface area contributed by atoms with Gasteiger partial charge in [-0.3, -0.25) is 10.1 Å². The van der Waals surface area contributed by atoms with Crippen LogP contribution < -0.4 is 11.1 Å². The molecule has 1 saturated carbocycles. The topological polar surface area (TPSA) is 73.6 Å². The van der Waals surface area contributed by atoms with Gasteiger partial charge in [0.15, 0.2) is 0 Å². The highest BCUT2D eigenvalue weighted by atomic mass is 16.5. The lowest BCUT2D eigenvalue weighted by Gasteiger charge is -2.34. The first kappa shape index (κ1) is 15.7. The Hall–Kier alpha value is -0.650. The first-order valence-electron chi connectivity index (χ1n) is 7.77. The maximum absolute atomic E-state index is 12.0. The summed E-state index contributed by atoms with van der Waals surface area (Å²) in [5, 5.41) is 3.37. The van der Waals surface area contributed by atoms with Gasteiger partial charge in [-0.25, -0.2) is 0 Å². The fraction of sp³-hybridized carbons (Fsp3) is 0.933. The molecular weight excluding hydrogens is 256 g/mol. The van der Waals surface area contributed by atoms with Gasteiger partial charge in [-0.1, -0.05) is 0 Å². The van der Waals surface area contributed by atoms with Crippen LogP contribution in [0.1, 0.15) is 39.5 Å². The summed E-state index contributed by atoms with van der Waals surface area (Å²) in [5.41, 5.74) is 5.00. The van der Waals surface area contributed by atoms with E-state index in [2.05, 4.69) is 5.32 Å². The summed E-state index contributed by atoms with van der Waals surface area (Å²) in [4.78, 5) is 12.0. The zero-order valence-electron chi connectivity index (χ0n) is 12.7. The van der Waals surface area contributed by atoms with E-state index in [1.807, 2.05) is 13.8 Å². The number of carbonyl (C=O) groups excluding carboxylic acids is 1. The molecule has 1 amide bonds. The summed E-state index contributed by atoms with van der Waals surface area (Å²) in [6.07, 6.45) is 4.21. The molecule has 0 aromatic carbocycles. The molecule has 1 saturated heterocycles. The van der Waals surface area contributed by atoms with E-state index in [1.54, 1.807) is 0 Å². The van der Waals surface area contributed by atoms with Crippen molar-refractivity contribution in [3.8, 4) is 0 Å². The summed E-state index contributed by atoms with van der Waals surface area (Å²) >= 11 is 0. The van der Waals surface area contributed by atoms with E-state index < -0.39 is 5.54 Å². The Labute approximate surface area is 121 Å². The van der Waals surface area contributed by atoms with Crippen molar-refractivity contribution in [3.63, 3.8) is 0 Å². The van der Waals surface area contributed by atoms with Gasteiger partial charge in [-0.2, -0.15) is 0 Å². The van der Waals surface area contributed by atoms with Crippen molar-refractivity contribution in [3.05, 3.63) is 0 Å². The molecule has 1 heterocycles. The van der Waals surface area contributed by atoms with Crippen molar-refractivity contribution < 1.29 is 14.3 Å². The quantitative estimate of drug-likeness (QED) is 0.699. The Morgan fingerprint density at radius 2 is 2.00 bits per heavy atom. The van der Waals surface area contributed by atoms with Crippen LogP contribution >= 0.6 is 0 Å². The van der Waals surface area contributed by atoms with Crippen molar-refractivity contribution in [2.45, 2.75) is 51.1 Å². The minimum Gasteiger partial charge on any atom is -0.381 e. The third kappa shape index (κ3) is 3.93. The molecule has 0 aromatic rings. The first-order valence-corrected chi connectivity index (χ1v) is 7.77. The average molecular weight is 284 g/mol. The molecule has 2 aliphatic rings. The standard InChI is InChI=1S/C15H28N2O3/c1-11(2)17-15(14(16)18,13-3-4-13)10-20-9-12-5-7-19-8-6-12/h11-13,17H,3-10H2,1-2H3,(H2,16,18). The van der Waals surface area contributed by atoms with Crippen LogP contribution in [0.5, 0.6) is 0 Å². The Morgan fingerprint density at radius 1 is 1.35 bits per heavy atom. The van der Waals surface area contributed by atoms with Gasteiger partial charge >= 0.3 is 0 Å². The molecule has 0 bridgehead atoms. The summed E-state index contributed by atoms with van der Waals surface area (Å²) in [5.74, 6) is 0.602. The van der Waals surface area contributed by atoms with Crippen molar-refractivity contribution >= 4 is 5.91 Å². The van der Waals surface area contributed by atoms with Gasteiger partial charge in [0.2, 0.25) is 5.91 Å². The highest BCUT2D eigenvalue weighted by molar-refractivity contribution is 5.85. The number of hydrogen-bond acceptors (Lipinski definition) is 4. The fourth-order valence-electron chi connectivity index (χ4n) is 3.01. The van der Waals surface area contributed by atoms with Gasteiger partial charge in [-0.05, 0) is 51.4 Å². The second kappa shape index (κ2) is 6.87. The van der Waals surface area contributed by atoms with Crippen molar-refractivity contribution in [2.24, 2.45) is 17.6 Å². The van der Waals surface area contributed by atoms with Gasteiger partial charge in [0.25, 0.3) is 0 Å². The van der Waals surface area contributed by atoms with Gasteiger partial charge < -0.3 is 15.2 Å². The van der Waals surface area contributed by atoms with Crippen LogP contribution in [0.15, 0.2) is 0 Å². The third-order valence-electron chi connectivity index (χ3n) is 4.28. The number of primary amides is 1. The molecule has 5 heteroatoms. The summed E-state index contributed by atoms with van der Waals surface area (Å²) in [7, 11) is 0. The van der Waals surface area contributed by atoms with E-state index in [1.165, 1.54) is 0 Å². The van der Waals surface area contributed by atoms with E-state index in [4.69, 9.17) is 15.2 Å². The second-order valence-electron chi connectivity index (χ2n) is 6.48. The lowest BCUT2D eigenvalue weighted by molar-refractivity contribution is -0.129.